The fraction of sp³-hybridized carbons (Fsp3) is 0. The van der Waals surface area contributed by atoms with Gasteiger partial charge in [-0.2, -0.15) is 0 Å². The van der Waals surface area contributed by atoms with Crippen molar-refractivity contribution < 1.29 is 17.3 Å². The maximum atomic E-state index is 4.77. The van der Waals surface area contributed by atoms with Gasteiger partial charge in [-0.15, -0.1) is 0 Å². The summed E-state index contributed by atoms with van der Waals surface area (Å²) in [6.07, 6.45) is 7.32. The summed E-state index contributed by atoms with van der Waals surface area (Å²) >= 11 is 1.82. The van der Waals surface area contributed by atoms with Crippen LogP contribution in [0.15, 0.2) is 189 Å². The molecule has 5 heterocycles. The Kier molecular flexibility index (Phi) is 11.2. The van der Waals surface area contributed by atoms with Gasteiger partial charge < -0.3 is 0 Å². The minimum Gasteiger partial charge on any atom is -0.255 e. The predicted octanol–water partition coefficient (Wildman–Crippen LogP) is 11.7. The number of benzene rings is 4. The van der Waals surface area contributed by atoms with Crippen LogP contribution in [-0.4, -0.2) is 24.9 Å². The van der Waals surface area contributed by atoms with E-state index in [4.69, 9.17) is 4.98 Å². The first-order valence-corrected chi connectivity index (χ1v) is 18.9. The molecule has 4 aromatic carbocycles. The van der Waals surface area contributed by atoms with Crippen molar-refractivity contribution in [2.45, 2.75) is 0 Å². The molecular weight excluding hydrogens is 747 g/mol. The number of rotatable bonds is 5. The number of hydrogen-bond donors (Lipinski definition) is 0. The Morgan fingerprint density at radius 2 is 0.731 bits per heavy atom. The van der Waals surface area contributed by atoms with Crippen molar-refractivity contribution in [1.82, 2.24) is 24.9 Å². The van der Waals surface area contributed by atoms with Gasteiger partial charge in [-0.05, 0) is 81.9 Å². The number of pyridine rings is 5. The van der Waals surface area contributed by atoms with E-state index >= 15 is 0 Å². The second-order valence-electron chi connectivity index (χ2n) is 11.7. The molecule has 0 fully saturated rings. The third-order valence-corrected chi connectivity index (χ3v) is 8.58. The van der Waals surface area contributed by atoms with E-state index in [1.807, 2.05) is 96.4 Å². The Morgan fingerprint density at radius 3 is 1.13 bits per heavy atom. The van der Waals surface area contributed by atoms with Crippen molar-refractivity contribution in [3.63, 3.8) is 0 Å². The van der Waals surface area contributed by atoms with E-state index < -0.39 is 0 Å². The molecule has 0 saturated carbocycles. The molecule has 5 aromatic heterocycles. The van der Waals surface area contributed by atoms with E-state index in [0.717, 1.165) is 55.7 Å². The molecule has 0 amide bonds. The van der Waals surface area contributed by atoms with Gasteiger partial charge in [0, 0.05) is 35.6 Å². The molecule has 9 rings (SSSR count). The van der Waals surface area contributed by atoms with Gasteiger partial charge in [0.1, 0.15) is 0 Å². The van der Waals surface area contributed by atoms with Gasteiger partial charge in [0.05, 0.1) is 33.8 Å². The first-order chi connectivity index (χ1) is 25.8. The molecule has 251 valence electrons. The van der Waals surface area contributed by atoms with Gasteiger partial charge in [-0.25, -0.2) is 4.98 Å². The van der Waals surface area contributed by atoms with Gasteiger partial charge in [-0.1, -0.05) is 115 Å². The van der Waals surface area contributed by atoms with E-state index in [1.165, 1.54) is 22.3 Å². The molecule has 0 atom stereocenters. The third-order valence-electron chi connectivity index (χ3n) is 8.58. The fourth-order valence-corrected chi connectivity index (χ4v) is 6.19. The molecule has 0 unspecified atom stereocenters. The maximum absolute atomic E-state index is 4.77. The summed E-state index contributed by atoms with van der Waals surface area (Å²) in [6, 6.07) is 55.5. The topological polar surface area (TPSA) is 64.5 Å². The van der Waals surface area contributed by atoms with Crippen LogP contribution in [0.25, 0.3) is 78.0 Å². The summed E-state index contributed by atoms with van der Waals surface area (Å²) in [6.45, 7) is 0. The first kappa shape index (κ1) is 34.5. The van der Waals surface area contributed by atoms with Crippen molar-refractivity contribution in [2.24, 2.45) is 0 Å². The zero-order valence-corrected chi connectivity index (χ0v) is 30.4. The maximum Gasteiger partial charge on any atom is 0.0970 e. The van der Waals surface area contributed by atoms with E-state index in [2.05, 4.69) is 127 Å². The summed E-state index contributed by atoms with van der Waals surface area (Å²) < 4.78 is 0. The molecule has 0 aliphatic carbocycles. The molecule has 7 heteroatoms. The smallest absolute Gasteiger partial charge is 0.0970 e. The zero-order valence-electron chi connectivity index (χ0n) is 27.9. The molecule has 52 heavy (non-hydrogen) atoms. The molecule has 0 aliphatic heterocycles. The van der Waals surface area contributed by atoms with Gasteiger partial charge >= 0.3 is 27.0 Å². The minimum absolute atomic E-state index is 0.845. The molecule has 0 saturated heterocycles. The molecule has 9 aromatic rings. The molecule has 0 radical (unpaired) electrons. The van der Waals surface area contributed by atoms with Crippen molar-refractivity contribution >= 4 is 31.5 Å². The van der Waals surface area contributed by atoms with Crippen LogP contribution < -0.4 is 0 Å². The SMILES string of the molecule is [Cl][Ru].c1ccc(-c2cc(-c3ccccn3)nc(-c3ccccn3)c2)cc1.c1ccc(-c2ccnc3c2ccc2c(-c4ccccc4)ccnc23)cc1. The Balaban J connectivity index is 0.000000155. The summed E-state index contributed by atoms with van der Waals surface area (Å²) in [5.74, 6) is 0. The Morgan fingerprint density at radius 1 is 0.327 bits per heavy atom. The number of fused-ring (bicyclic) bond motifs is 3. The summed E-state index contributed by atoms with van der Waals surface area (Å²) in [5.41, 5.74) is 12.3. The van der Waals surface area contributed by atoms with Crippen LogP contribution in [0.1, 0.15) is 0 Å². The van der Waals surface area contributed by atoms with Gasteiger partial charge in [-0.3, -0.25) is 19.9 Å². The fourth-order valence-electron chi connectivity index (χ4n) is 6.19. The number of aromatic nitrogens is 5. The second-order valence-corrected chi connectivity index (χ2v) is 11.7. The van der Waals surface area contributed by atoms with E-state index in [1.54, 1.807) is 12.4 Å². The van der Waals surface area contributed by atoms with Crippen LogP contribution in [0.4, 0.5) is 0 Å². The second kappa shape index (κ2) is 16.8. The molecule has 0 bridgehead atoms. The molecule has 0 spiro atoms. The molecule has 0 aliphatic rings. The van der Waals surface area contributed by atoms with Gasteiger partial charge in [0.25, 0.3) is 0 Å². The van der Waals surface area contributed by atoms with Crippen LogP contribution >= 0.6 is 9.69 Å². The molecule has 5 nitrogen and oxygen atoms in total. The van der Waals surface area contributed by atoms with Crippen LogP contribution in [0, 0.1) is 0 Å². The zero-order chi connectivity index (χ0) is 35.5. The monoisotopic (exact) mass is 778 g/mol. The van der Waals surface area contributed by atoms with Crippen LogP contribution in [0.5, 0.6) is 0 Å². The van der Waals surface area contributed by atoms with E-state index in [-0.39, 0.29) is 0 Å². The summed E-state index contributed by atoms with van der Waals surface area (Å²) in [4.78, 5) is 23.0. The van der Waals surface area contributed by atoms with E-state index in [0.29, 0.717) is 0 Å². The van der Waals surface area contributed by atoms with Gasteiger partial charge in [0.15, 0.2) is 0 Å². The van der Waals surface area contributed by atoms with Crippen molar-refractivity contribution in [3.8, 4) is 56.2 Å². The molecular formula is C45H31ClN5Ru. The average Bonchev–Trinajstić information content (AvgIpc) is 3.25. The Labute approximate surface area is 316 Å². The first-order valence-electron chi connectivity index (χ1n) is 16.6. The Hall–Kier alpha value is -5.94. The number of nitrogens with zero attached hydrogens (tertiary/aromatic N) is 5. The number of hydrogen-bond acceptors (Lipinski definition) is 5. The quantitative estimate of drug-likeness (QED) is 0.129. The van der Waals surface area contributed by atoms with E-state index in [9.17, 15) is 0 Å². The molecule has 0 N–H and O–H groups in total. The Bertz CT molecular complexity index is 2280. The summed E-state index contributed by atoms with van der Waals surface area (Å²) in [7, 11) is 4.57. The largest absolute Gasteiger partial charge is 0.255 e. The third kappa shape index (κ3) is 7.69. The van der Waals surface area contributed by atoms with Crippen molar-refractivity contribution in [1.29, 1.82) is 0 Å². The van der Waals surface area contributed by atoms with Crippen molar-refractivity contribution in [3.05, 3.63) is 189 Å². The van der Waals surface area contributed by atoms with Crippen LogP contribution in [0.2, 0.25) is 0 Å². The van der Waals surface area contributed by atoms with Gasteiger partial charge in [0.2, 0.25) is 0 Å². The van der Waals surface area contributed by atoms with Crippen LogP contribution in [0.3, 0.4) is 0 Å². The normalized spacial score (nSPS) is 10.5. The predicted molar refractivity (Wildman–Crippen MR) is 210 cm³/mol. The minimum atomic E-state index is 0.845. The average molecular weight is 778 g/mol. The summed E-state index contributed by atoms with van der Waals surface area (Å²) in [5, 5.41) is 2.26. The van der Waals surface area contributed by atoms with Crippen molar-refractivity contribution in [2.75, 3.05) is 0 Å². The van der Waals surface area contributed by atoms with Crippen LogP contribution in [-0.2, 0) is 17.3 Å². The number of halogens is 1. The standard InChI is InChI=1S/C24H16N2.C21H15N3.ClH.Ru/c1-3-7-17(8-4-1)19-13-15-25-23-21(19)11-12-22-20(14-16-26-24(22)23)18-9-5-2-6-10-18;1-2-8-16(9-3-1)17-14-20(18-10-4-6-12-22-18)24-21(15-17)19-11-5-7-13-23-19;;/h1-16H;1-15H;1H;/q;;;+1/p-1.